The highest BCUT2D eigenvalue weighted by Gasteiger charge is 1.99. The average Bonchev–Trinajstić information content (AvgIpc) is 2.85. The van der Waals surface area contributed by atoms with Gasteiger partial charge in [-0.1, -0.05) is 101 Å². The van der Waals surface area contributed by atoms with Crippen molar-refractivity contribution in [1.82, 2.24) is 21.5 Å². The van der Waals surface area contributed by atoms with E-state index in [0.717, 1.165) is 6.54 Å². The molecule has 0 bridgehead atoms. The van der Waals surface area contributed by atoms with Crippen LogP contribution in [0.1, 0.15) is 59.9 Å². The van der Waals surface area contributed by atoms with Crippen LogP contribution in [-0.2, 0) is 9.59 Å². The Hall–Kier alpha value is -2.54. The van der Waals surface area contributed by atoms with Gasteiger partial charge in [0.2, 0.25) is 5.91 Å². The van der Waals surface area contributed by atoms with Gasteiger partial charge in [-0.15, -0.1) is 0 Å². The fourth-order valence-corrected chi connectivity index (χ4v) is 2.08. The highest BCUT2D eigenvalue weighted by atomic mass is 16.2. The second-order valence-electron chi connectivity index (χ2n) is 7.13. The highest BCUT2D eigenvalue weighted by Crippen LogP contribution is 2.18. The van der Waals surface area contributed by atoms with Crippen molar-refractivity contribution < 1.29 is 9.59 Å². The van der Waals surface area contributed by atoms with Crippen LogP contribution in [0.2, 0.25) is 0 Å². The summed E-state index contributed by atoms with van der Waals surface area (Å²) < 4.78 is 0. The van der Waals surface area contributed by atoms with Gasteiger partial charge in [0.1, 0.15) is 5.78 Å². The van der Waals surface area contributed by atoms with Crippen LogP contribution in [0, 0.1) is 6.92 Å². The lowest BCUT2D eigenvalue weighted by atomic mass is 10.0. The van der Waals surface area contributed by atoms with Crippen molar-refractivity contribution in [2.45, 2.75) is 61.3 Å². The third-order valence-corrected chi connectivity index (χ3v) is 3.62. The first-order valence-electron chi connectivity index (χ1n) is 12.3. The van der Waals surface area contributed by atoms with Crippen LogP contribution in [-0.4, -0.2) is 45.4 Å². The van der Waals surface area contributed by atoms with E-state index < -0.39 is 0 Å². The molecule has 0 aromatic heterocycles. The molecule has 1 amide bonds. The van der Waals surface area contributed by atoms with Gasteiger partial charge in [0.15, 0.2) is 0 Å². The Labute approximate surface area is 209 Å². The van der Waals surface area contributed by atoms with E-state index in [0.29, 0.717) is 0 Å². The summed E-state index contributed by atoms with van der Waals surface area (Å²) >= 11 is 0. The Morgan fingerprint density at radius 2 is 1.29 bits per heavy atom. The van der Waals surface area contributed by atoms with Gasteiger partial charge in [-0.05, 0) is 52.0 Å². The Morgan fingerprint density at radius 1 is 0.794 bits per heavy atom. The molecular weight excluding hydrogens is 424 g/mol. The predicted molar refractivity (Wildman–Crippen MR) is 149 cm³/mol. The molecule has 2 aromatic rings. The summed E-state index contributed by atoms with van der Waals surface area (Å²) in [5.74, 6) is -0.252. The third-order valence-electron chi connectivity index (χ3n) is 3.62. The molecule has 0 aliphatic heterocycles. The van der Waals surface area contributed by atoms with Crippen LogP contribution in [0.25, 0.3) is 11.1 Å². The van der Waals surface area contributed by atoms with Crippen molar-refractivity contribution in [3.63, 3.8) is 0 Å². The van der Waals surface area contributed by atoms with Gasteiger partial charge >= 0.3 is 0 Å². The van der Waals surface area contributed by atoms with Gasteiger partial charge in [-0.25, -0.2) is 5.43 Å². The zero-order valence-corrected chi connectivity index (χ0v) is 23.0. The van der Waals surface area contributed by atoms with Crippen molar-refractivity contribution in [3.05, 3.63) is 60.2 Å². The largest absolute Gasteiger partial charge is 0.348 e. The molecule has 0 fully saturated rings. The van der Waals surface area contributed by atoms with Crippen molar-refractivity contribution in [1.29, 1.82) is 0 Å². The first kappa shape index (κ1) is 36.0. The van der Waals surface area contributed by atoms with Gasteiger partial charge in [0, 0.05) is 0 Å². The van der Waals surface area contributed by atoms with Crippen molar-refractivity contribution in [2.75, 3.05) is 33.7 Å². The Kier molecular flexibility index (Phi) is 30.2. The predicted octanol–water partition coefficient (Wildman–Crippen LogP) is 5.14. The summed E-state index contributed by atoms with van der Waals surface area (Å²) in [6, 6.07) is 19.0. The van der Waals surface area contributed by atoms with E-state index in [1.807, 2.05) is 27.0 Å². The second-order valence-corrected chi connectivity index (χ2v) is 7.13. The van der Waals surface area contributed by atoms with E-state index >= 15 is 0 Å². The average molecular weight is 475 g/mol. The Bertz CT molecular complexity index is 687. The van der Waals surface area contributed by atoms with Crippen molar-refractivity contribution >= 4 is 11.7 Å². The van der Waals surface area contributed by atoms with Crippen LogP contribution < -0.4 is 21.5 Å². The standard InChI is InChI=1S/C13H12.C6H13N3O2.C4H11N.C3H8.C2H6/c1-11-7-9-13(10-8-11)12-5-3-2-4-6-12;1-5(10)3-8-6(11)4-9-7-2;1-3-4-5-2;1-3-2;1-2/h2-10H,1H3;7,9H,3-4H2,1-2H3,(H,8,11);5H,3-4H2,1-2H3;3H2,1-2H3;1-2H3. The molecule has 4 N–H and O–H groups in total. The fourth-order valence-electron chi connectivity index (χ4n) is 2.08. The summed E-state index contributed by atoms with van der Waals surface area (Å²) in [6.45, 7) is 15.3. The maximum absolute atomic E-state index is 10.7. The van der Waals surface area contributed by atoms with Gasteiger partial charge in [0.25, 0.3) is 0 Å². The summed E-state index contributed by atoms with van der Waals surface area (Å²) in [6.07, 6.45) is 2.48. The summed E-state index contributed by atoms with van der Waals surface area (Å²) in [4.78, 5) is 21.1. The molecule has 6 heteroatoms. The van der Waals surface area contributed by atoms with Gasteiger partial charge < -0.3 is 10.6 Å². The first-order chi connectivity index (χ1) is 16.4. The smallest absolute Gasteiger partial charge is 0.235 e. The van der Waals surface area contributed by atoms with Gasteiger partial charge in [0.05, 0.1) is 13.1 Å². The van der Waals surface area contributed by atoms with Crippen LogP contribution in [0.5, 0.6) is 0 Å². The van der Waals surface area contributed by atoms with Crippen molar-refractivity contribution in [3.8, 4) is 11.1 Å². The molecule has 0 unspecified atom stereocenters. The molecule has 0 heterocycles. The number of amides is 1. The Balaban J connectivity index is -0.000000414. The molecule has 0 spiro atoms. The zero-order valence-electron chi connectivity index (χ0n) is 23.0. The molecule has 0 aliphatic carbocycles. The number of carbonyl (C=O) groups is 2. The monoisotopic (exact) mass is 474 g/mol. The zero-order chi connectivity index (χ0) is 26.6. The summed E-state index contributed by atoms with van der Waals surface area (Å²) in [5.41, 5.74) is 9.06. The Morgan fingerprint density at radius 3 is 1.68 bits per heavy atom. The number of Topliss-reactive ketones (excluding diaryl/α,β-unsaturated/α-hetero) is 1. The number of carbonyl (C=O) groups excluding carboxylic acids is 2. The topological polar surface area (TPSA) is 82.3 Å². The molecule has 0 atom stereocenters. The van der Waals surface area contributed by atoms with Crippen LogP contribution in [0.15, 0.2) is 54.6 Å². The van der Waals surface area contributed by atoms with Crippen LogP contribution in [0.4, 0.5) is 0 Å². The highest BCUT2D eigenvalue weighted by molar-refractivity contribution is 5.85. The van der Waals surface area contributed by atoms with Crippen LogP contribution in [0.3, 0.4) is 0 Å². The minimum absolute atomic E-state index is 0.0530. The molecule has 2 rings (SSSR count). The van der Waals surface area contributed by atoms with E-state index in [1.54, 1.807) is 7.05 Å². The lowest BCUT2D eigenvalue weighted by Gasteiger charge is -2.02. The number of ketones is 1. The van der Waals surface area contributed by atoms with E-state index in [1.165, 1.54) is 36.5 Å². The molecule has 2 aromatic carbocycles. The lowest BCUT2D eigenvalue weighted by Crippen LogP contribution is -2.40. The number of hydrogen-bond acceptors (Lipinski definition) is 5. The normalized spacial score (nSPS) is 8.74. The van der Waals surface area contributed by atoms with Crippen LogP contribution >= 0.6 is 0 Å². The minimum Gasteiger partial charge on any atom is -0.348 e. The number of nitrogens with one attached hydrogen (secondary N) is 4. The van der Waals surface area contributed by atoms with E-state index in [4.69, 9.17) is 0 Å². The molecule has 34 heavy (non-hydrogen) atoms. The molecule has 6 nitrogen and oxygen atoms in total. The molecule has 0 aliphatic rings. The molecule has 0 radical (unpaired) electrons. The first-order valence-corrected chi connectivity index (χ1v) is 12.3. The van der Waals surface area contributed by atoms with E-state index in [9.17, 15) is 9.59 Å². The number of hydrazine groups is 1. The third kappa shape index (κ3) is 25.7. The van der Waals surface area contributed by atoms with Gasteiger partial charge in [-0.2, -0.15) is 0 Å². The maximum atomic E-state index is 10.7. The van der Waals surface area contributed by atoms with E-state index in [2.05, 4.69) is 97.7 Å². The molecular formula is C28H50N4O2. The SMILES string of the molecule is CC.CCC.CCCNC.CNNCC(=O)NCC(C)=O.Cc1ccc(-c2ccccc2)cc1. The summed E-state index contributed by atoms with van der Waals surface area (Å²) in [7, 11) is 3.63. The molecule has 0 saturated heterocycles. The minimum atomic E-state index is -0.199. The summed E-state index contributed by atoms with van der Waals surface area (Å²) in [5, 5.41) is 5.44. The fraction of sp³-hybridized carbons (Fsp3) is 0.500. The van der Waals surface area contributed by atoms with E-state index in [-0.39, 0.29) is 24.8 Å². The molecule has 0 saturated carbocycles. The van der Waals surface area contributed by atoms with Gasteiger partial charge in [-0.3, -0.25) is 15.0 Å². The number of rotatable bonds is 8. The number of aryl methyl sites for hydroxylation is 1. The molecule has 194 valence electrons. The quantitative estimate of drug-likeness (QED) is 0.399. The number of benzene rings is 2. The second kappa shape index (κ2) is 28.5. The maximum Gasteiger partial charge on any atom is 0.235 e. The van der Waals surface area contributed by atoms with Crippen molar-refractivity contribution in [2.24, 2.45) is 0 Å². The lowest BCUT2D eigenvalue weighted by molar-refractivity contribution is -0.123. The number of hydrogen-bond donors (Lipinski definition) is 4.